The van der Waals surface area contributed by atoms with Gasteiger partial charge in [-0.25, -0.2) is 0 Å². The molecule has 1 heterocycles. The average molecular weight is 225 g/mol. The smallest absolute Gasteiger partial charge is 0.194 e. The van der Waals surface area contributed by atoms with Gasteiger partial charge in [-0.3, -0.25) is 0 Å². The molecule has 3 nitrogen and oxygen atoms in total. The van der Waals surface area contributed by atoms with Gasteiger partial charge in [-0.1, -0.05) is 23.7 Å². The van der Waals surface area contributed by atoms with Crippen LogP contribution in [0.15, 0.2) is 28.7 Å². The van der Waals surface area contributed by atoms with E-state index in [1.54, 1.807) is 0 Å². The molecule has 0 saturated carbocycles. The number of furan rings is 1. The van der Waals surface area contributed by atoms with Gasteiger partial charge in [-0.05, 0) is 19.0 Å². The van der Waals surface area contributed by atoms with Crippen LogP contribution in [0.5, 0.6) is 0 Å². The molecule has 0 radical (unpaired) electrons. The van der Waals surface area contributed by atoms with Crippen LogP contribution in [-0.2, 0) is 0 Å². The average Bonchev–Trinajstić information content (AvgIpc) is 2.63. The first-order valence-corrected chi connectivity index (χ1v) is 5.31. The predicted octanol–water partition coefficient (Wildman–Crippen LogP) is 2.85. The fourth-order valence-electron chi connectivity index (χ4n) is 1.43. The lowest BCUT2D eigenvalue weighted by atomic mass is 10.2. The van der Waals surface area contributed by atoms with E-state index in [2.05, 4.69) is 5.32 Å². The number of para-hydroxylation sites is 1. The van der Waals surface area contributed by atoms with Crippen LogP contribution in [0.25, 0.3) is 11.0 Å². The number of hydrogen-bond donors (Lipinski definition) is 2. The minimum absolute atomic E-state index is 0.638. The maximum atomic E-state index is 5.99. The number of hydrogen-bond acceptors (Lipinski definition) is 3. The molecule has 0 saturated heterocycles. The minimum atomic E-state index is 0.638. The normalized spacial score (nSPS) is 10.8. The van der Waals surface area contributed by atoms with Gasteiger partial charge >= 0.3 is 0 Å². The van der Waals surface area contributed by atoms with E-state index in [0.29, 0.717) is 11.6 Å². The Kier molecular flexibility index (Phi) is 3.14. The molecule has 1 aromatic carbocycles. The summed E-state index contributed by atoms with van der Waals surface area (Å²) in [5.74, 6) is 0.742. The van der Waals surface area contributed by atoms with E-state index >= 15 is 0 Å². The highest BCUT2D eigenvalue weighted by Crippen LogP contribution is 2.28. The minimum Gasteiger partial charge on any atom is -0.439 e. The zero-order chi connectivity index (χ0) is 10.7. The second-order valence-electron chi connectivity index (χ2n) is 3.34. The molecular weight excluding hydrogens is 212 g/mol. The summed E-state index contributed by atoms with van der Waals surface area (Å²) >= 11 is 5.99. The van der Waals surface area contributed by atoms with Gasteiger partial charge in [-0.15, -0.1) is 0 Å². The van der Waals surface area contributed by atoms with Crippen LogP contribution < -0.4 is 11.1 Å². The third-order valence-electron chi connectivity index (χ3n) is 2.18. The number of rotatable bonds is 4. The molecule has 0 amide bonds. The van der Waals surface area contributed by atoms with Crippen molar-refractivity contribution in [1.82, 2.24) is 0 Å². The Morgan fingerprint density at radius 2 is 2.27 bits per heavy atom. The van der Waals surface area contributed by atoms with Gasteiger partial charge in [0.15, 0.2) is 11.5 Å². The first-order chi connectivity index (χ1) is 7.31. The Labute approximate surface area is 93.2 Å². The first-order valence-electron chi connectivity index (χ1n) is 4.93. The van der Waals surface area contributed by atoms with Crippen LogP contribution in [0.1, 0.15) is 6.42 Å². The molecular formula is C11H13ClN2O. The number of nitrogens with two attached hydrogens (primary N) is 1. The highest BCUT2D eigenvalue weighted by atomic mass is 35.5. The van der Waals surface area contributed by atoms with Gasteiger partial charge in [0.2, 0.25) is 0 Å². The number of nitrogens with one attached hydrogen (secondary N) is 1. The Morgan fingerprint density at radius 1 is 1.40 bits per heavy atom. The van der Waals surface area contributed by atoms with Gasteiger partial charge in [0, 0.05) is 18.0 Å². The second kappa shape index (κ2) is 4.55. The molecule has 0 bridgehead atoms. The van der Waals surface area contributed by atoms with Gasteiger partial charge < -0.3 is 15.5 Å². The van der Waals surface area contributed by atoms with Crippen molar-refractivity contribution in [3.63, 3.8) is 0 Å². The third kappa shape index (κ3) is 2.25. The maximum absolute atomic E-state index is 5.99. The Bertz CT molecular complexity index is 453. The van der Waals surface area contributed by atoms with Crippen LogP contribution in [0, 0.1) is 0 Å². The van der Waals surface area contributed by atoms with Crippen LogP contribution in [0.2, 0.25) is 5.02 Å². The predicted molar refractivity (Wildman–Crippen MR) is 63.4 cm³/mol. The fraction of sp³-hybridized carbons (Fsp3) is 0.273. The number of anilines is 1. The monoisotopic (exact) mass is 224 g/mol. The molecule has 15 heavy (non-hydrogen) atoms. The van der Waals surface area contributed by atoms with Gasteiger partial charge in [0.1, 0.15) is 0 Å². The largest absolute Gasteiger partial charge is 0.439 e. The SMILES string of the molecule is NCCCNc1cc2cccc(Cl)c2o1. The zero-order valence-electron chi connectivity index (χ0n) is 8.29. The van der Waals surface area contributed by atoms with Crippen molar-refractivity contribution >= 4 is 28.5 Å². The lowest BCUT2D eigenvalue weighted by Crippen LogP contribution is -2.07. The Morgan fingerprint density at radius 3 is 3.00 bits per heavy atom. The van der Waals surface area contributed by atoms with Crippen molar-refractivity contribution in [1.29, 1.82) is 0 Å². The molecule has 0 spiro atoms. The molecule has 3 N–H and O–H groups in total. The summed E-state index contributed by atoms with van der Waals surface area (Å²) in [7, 11) is 0. The standard InChI is InChI=1S/C11H13ClN2O/c12-9-4-1-3-8-7-10(15-11(8)9)14-6-2-5-13/h1,3-4,7,14H,2,5-6,13H2. The lowest BCUT2D eigenvalue weighted by Gasteiger charge is -1.99. The molecule has 1 aromatic heterocycles. The molecule has 0 atom stereocenters. The van der Waals surface area contributed by atoms with Crippen LogP contribution in [-0.4, -0.2) is 13.1 Å². The summed E-state index contributed by atoms with van der Waals surface area (Å²) in [5.41, 5.74) is 6.13. The van der Waals surface area contributed by atoms with Gasteiger partial charge in [0.25, 0.3) is 0 Å². The molecule has 0 unspecified atom stereocenters. The Hall–Kier alpha value is -1.19. The van der Waals surface area contributed by atoms with Gasteiger partial charge in [-0.2, -0.15) is 0 Å². The molecule has 0 aliphatic carbocycles. The van der Waals surface area contributed by atoms with Crippen molar-refractivity contribution < 1.29 is 4.42 Å². The molecule has 0 aliphatic heterocycles. The second-order valence-corrected chi connectivity index (χ2v) is 3.75. The lowest BCUT2D eigenvalue weighted by molar-refractivity contribution is 0.624. The van der Waals surface area contributed by atoms with E-state index < -0.39 is 0 Å². The van der Waals surface area contributed by atoms with Crippen molar-refractivity contribution in [3.8, 4) is 0 Å². The zero-order valence-corrected chi connectivity index (χ0v) is 9.05. The number of halogens is 1. The highest BCUT2D eigenvalue weighted by molar-refractivity contribution is 6.34. The number of fused-ring (bicyclic) bond motifs is 1. The summed E-state index contributed by atoms with van der Waals surface area (Å²) in [6.07, 6.45) is 0.921. The highest BCUT2D eigenvalue weighted by Gasteiger charge is 2.05. The van der Waals surface area contributed by atoms with Crippen LogP contribution >= 0.6 is 11.6 Å². The summed E-state index contributed by atoms with van der Waals surface area (Å²) in [6.45, 7) is 1.49. The van der Waals surface area contributed by atoms with E-state index in [1.807, 2.05) is 24.3 Å². The van der Waals surface area contributed by atoms with Crippen molar-refractivity contribution in [2.45, 2.75) is 6.42 Å². The van der Waals surface area contributed by atoms with Crippen molar-refractivity contribution in [3.05, 3.63) is 29.3 Å². The maximum Gasteiger partial charge on any atom is 0.194 e. The van der Waals surface area contributed by atoms with E-state index in [-0.39, 0.29) is 0 Å². The van der Waals surface area contributed by atoms with E-state index in [1.165, 1.54) is 0 Å². The molecule has 2 aromatic rings. The molecule has 0 aliphatic rings. The third-order valence-corrected chi connectivity index (χ3v) is 2.47. The van der Waals surface area contributed by atoms with Crippen molar-refractivity contribution in [2.24, 2.45) is 5.73 Å². The topological polar surface area (TPSA) is 51.2 Å². The van der Waals surface area contributed by atoms with Gasteiger partial charge in [0.05, 0.1) is 5.02 Å². The summed E-state index contributed by atoms with van der Waals surface area (Å²) < 4.78 is 5.56. The number of benzene rings is 1. The van der Waals surface area contributed by atoms with E-state index in [9.17, 15) is 0 Å². The van der Waals surface area contributed by atoms with Crippen LogP contribution in [0.3, 0.4) is 0 Å². The molecule has 80 valence electrons. The van der Waals surface area contributed by atoms with E-state index in [0.717, 1.165) is 29.8 Å². The van der Waals surface area contributed by atoms with Crippen molar-refractivity contribution in [2.75, 3.05) is 18.4 Å². The summed E-state index contributed by atoms with van der Waals surface area (Å²) in [5, 5.41) is 4.81. The first kappa shape index (κ1) is 10.3. The molecule has 2 rings (SSSR count). The summed E-state index contributed by atoms with van der Waals surface area (Å²) in [4.78, 5) is 0. The fourth-order valence-corrected chi connectivity index (χ4v) is 1.65. The van der Waals surface area contributed by atoms with E-state index in [4.69, 9.17) is 21.8 Å². The quantitative estimate of drug-likeness (QED) is 0.786. The molecule has 0 fully saturated rings. The molecule has 4 heteroatoms. The summed E-state index contributed by atoms with van der Waals surface area (Å²) in [6, 6.07) is 7.64. The van der Waals surface area contributed by atoms with Crippen LogP contribution in [0.4, 0.5) is 5.88 Å². The Balaban J connectivity index is 2.20.